The summed E-state index contributed by atoms with van der Waals surface area (Å²) in [7, 11) is 4.25. The number of hydrogen-bond acceptors (Lipinski definition) is 7. The summed E-state index contributed by atoms with van der Waals surface area (Å²) in [5.74, 6) is 1.04. The molecule has 40 heavy (non-hydrogen) atoms. The van der Waals surface area contributed by atoms with E-state index in [1.54, 1.807) is 10.7 Å². The molecule has 10 nitrogen and oxygen atoms in total. The molecule has 0 saturated carbocycles. The number of aromatic nitrogens is 5. The molecule has 2 saturated heterocycles. The summed E-state index contributed by atoms with van der Waals surface area (Å²) in [4.78, 5) is 35.0. The Morgan fingerprint density at radius 1 is 0.825 bits per heavy atom. The average Bonchev–Trinajstić information content (AvgIpc) is 3.61. The fourth-order valence-corrected chi connectivity index (χ4v) is 5.70. The number of hydrogen-bond donors (Lipinski definition) is 1. The van der Waals surface area contributed by atoms with Crippen LogP contribution in [0.4, 0.5) is 5.82 Å². The number of likely N-dealkylation sites (N-methyl/N-ethyl adjacent to an activating group) is 2. The number of piperazine rings is 2. The number of nitrogens with zero attached hydrogens (tertiary/aromatic N) is 8. The van der Waals surface area contributed by atoms with E-state index < -0.39 is 0 Å². The van der Waals surface area contributed by atoms with E-state index in [2.05, 4.69) is 62.1 Å². The third-order valence-corrected chi connectivity index (χ3v) is 8.29. The first kappa shape index (κ1) is 24.7. The van der Waals surface area contributed by atoms with Gasteiger partial charge in [0.1, 0.15) is 11.5 Å². The normalized spacial score (nSPS) is 17.2. The summed E-state index contributed by atoms with van der Waals surface area (Å²) < 4.78 is 1.78. The van der Waals surface area contributed by atoms with Crippen molar-refractivity contribution >= 4 is 28.3 Å². The van der Waals surface area contributed by atoms with Gasteiger partial charge >= 0.3 is 0 Å². The summed E-state index contributed by atoms with van der Waals surface area (Å²) in [6, 6.07) is 10.5. The number of rotatable bonds is 4. The van der Waals surface area contributed by atoms with E-state index >= 15 is 0 Å². The maximum atomic E-state index is 13.4. The second kappa shape index (κ2) is 10.0. The number of aromatic amines is 1. The van der Waals surface area contributed by atoms with Gasteiger partial charge in [-0.25, -0.2) is 14.5 Å². The van der Waals surface area contributed by atoms with Crippen LogP contribution in [0, 0.1) is 0 Å². The van der Waals surface area contributed by atoms with Crippen molar-refractivity contribution in [2.45, 2.75) is 0 Å². The van der Waals surface area contributed by atoms with Crippen LogP contribution < -0.4 is 4.90 Å². The lowest BCUT2D eigenvalue weighted by molar-refractivity contribution is 0.0666. The van der Waals surface area contributed by atoms with Crippen molar-refractivity contribution in [1.29, 1.82) is 0 Å². The molecule has 1 N–H and O–H groups in total. The minimum absolute atomic E-state index is 0.0389. The van der Waals surface area contributed by atoms with Crippen LogP contribution in [0.1, 0.15) is 10.4 Å². The maximum absolute atomic E-state index is 13.4. The summed E-state index contributed by atoms with van der Waals surface area (Å²) in [6.07, 6.45) is 9.41. The summed E-state index contributed by atoms with van der Waals surface area (Å²) in [5, 5.41) is 5.50. The second-order valence-electron chi connectivity index (χ2n) is 10.9. The average molecular weight is 536 g/mol. The van der Waals surface area contributed by atoms with Gasteiger partial charge in [-0.3, -0.25) is 4.79 Å². The molecule has 204 valence electrons. The number of carbonyl (C=O) groups is 1. The van der Waals surface area contributed by atoms with E-state index in [1.165, 1.54) is 0 Å². The molecule has 0 unspecified atom stereocenters. The maximum Gasteiger partial charge on any atom is 0.257 e. The molecule has 0 atom stereocenters. The lowest BCUT2D eigenvalue weighted by Crippen LogP contribution is -2.47. The number of nitrogens with one attached hydrogen (secondary N) is 1. The Morgan fingerprint density at radius 3 is 2.40 bits per heavy atom. The van der Waals surface area contributed by atoms with Crippen molar-refractivity contribution < 1.29 is 4.79 Å². The van der Waals surface area contributed by atoms with Gasteiger partial charge in [0.2, 0.25) is 0 Å². The number of H-pyrrole nitrogens is 1. The number of pyridine rings is 3. The van der Waals surface area contributed by atoms with E-state index in [-0.39, 0.29) is 5.91 Å². The number of amides is 1. The van der Waals surface area contributed by atoms with Crippen molar-refractivity contribution in [3.63, 3.8) is 0 Å². The van der Waals surface area contributed by atoms with Crippen molar-refractivity contribution in [2.75, 3.05) is 71.4 Å². The molecule has 7 heterocycles. The lowest BCUT2D eigenvalue weighted by atomic mass is 10.0. The molecule has 2 aliphatic heterocycles. The highest BCUT2D eigenvalue weighted by Gasteiger charge is 2.24. The predicted molar refractivity (Wildman–Crippen MR) is 157 cm³/mol. The Bertz CT molecular complexity index is 1690. The fraction of sp³-hybridized carbons (Fsp3) is 0.333. The van der Waals surface area contributed by atoms with Gasteiger partial charge in [0, 0.05) is 93.7 Å². The van der Waals surface area contributed by atoms with Crippen LogP contribution in [0.15, 0.2) is 61.3 Å². The molecule has 0 spiro atoms. The summed E-state index contributed by atoms with van der Waals surface area (Å²) in [5.41, 5.74) is 6.47. The quantitative estimate of drug-likeness (QED) is 0.378. The van der Waals surface area contributed by atoms with Crippen LogP contribution in [-0.4, -0.2) is 112 Å². The van der Waals surface area contributed by atoms with Gasteiger partial charge in [-0.2, -0.15) is 5.10 Å². The molecule has 10 heteroatoms. The van der Waals surface area contributed by atoms with Crippen LogP contribution in [0.25, 0.3) is 38.8 Å². The molecule has 2 aliphatic rings. The molecule has 0 bridgehead atoms. The molecular weight excluding hydrogens is 502 g/mol. The summed E-state index contributed by atoms with van der Waals surface area (Å²) >= 11 is 0. The molecular formula is C30H33N9O. The minimum Gasteiger partial charge on any atom is -0.354 e. The topological polar surface area (TPSA) is 88.9 Å². The number of fused-ring (bicyclic) bond motifs is 2. The predicted octanol–water partition coefficient (Wildman–Crippen LogP) is 3.08. The van der Waals surface area contributed by atoms with Crippen LogP contribution in [0.3, 0.4) is 0 Å². The highest BCUT2D eigenvalue weighted by molar-refractivity contribution is 6.02. The molecule has 0 aromatic carbocycles. The van der Waals surface area contributed by atoms with Crippen LogP contribution in [-0.2, 0) is 0 Å². The summed E-state index contributed by atoms with van der Waals surface area (Å²) in [6.45, 7) is 7.26. The van der Waals surface area contributed by atoms with Crippen molar-refractivity contribution in [1.82, 2.24) is 39.3 Å². The van der Waals surface area contributed by atoms with Gasteiger partial charge in [0.05, 0.1) is 17.3 Å². The largest absolute Gasteiger partial charge is 0.354 e. The third kappa shape index (κ3) is 4.48. The monoisotopic (exact) mass is 535 g/mol. The SMILES string of the molecule is CN1CCN(C(=O)c2cnn3ccc(-c4c[nH]c5ncc(-c6ccnc(N7CCN(C)CC7)c6)cc45)cc23)CC1. The first-order valence-electron chi connectivity index (χ1n) is 13.9. The molecule has 0 radical (unpaired) electrons. The second-order valence-corrected chi connectivity index (χ2v) is 10.9. The zero-order chi connectivity index (χ0) is 27.2. The van der Waals surface area contributed by atoms with Gasteiger partial charge in [-0.15, -0.1) is 0 Å². The zero-order valence-corrected chi connectivity index (χ0v) is 22.9. The van der Waals surface area contributed by atoms with E-state index in [0.29, 0.717) is 5.56 Å². The minimum atomic E-state index is 0.0389. The first-order valence-corrected chi connectivity index (χ1v) is 13.9. The molecule has 5 aromatic heterocycles. The van der Waals surface area contributed by atoms with Gasteiger partial charge < -0.3 is 24.6 Å². The number of anilines is 1. The molecule has 2 fully saturated rings. The van der Waals surface area contributed by atoms with Gasteiger partial charge in [-0.05, 0) is 55.6 Å². The van der Waals surface area contributed by atoms with E-state index in [4.69, 9.17) is 4.98 Å². The zero-order valence-electron chi connectivity index (χ0n) is 22.9. The van der Waals surface area contributed by atoms with Crippen molar-refractivity contribution in [2.24, 2.45) is 0 Å². The fourth-order valence-electron chi connectivity index (χ4n) is 5.70. The lowest BCUT2D eigenvalue weighted by Gasteiger charge is -2.33. The van der Waals surface area contributed by atoms with Crippen molar-refractivity contribution in [3.05, 3.63) is 66.9 Å². The Hall–Kier alpha value is -4.28. The smallest absolute Gasteiger partial charge is 0.257 e. The van der Waals surface area contributed by atoms with Gasteiger partial charge in [-0.1, -0.05) is 0 Å². The van der Waals surface area contributed by atoms with E-state index in [9.17, 15) is 4.79 Å². The van der Waals surface area contributed by atoms with Crippen LogP contribution in [0.2, 0.25) is 0 Å². The van der Waals surface area contributed by atoms with E-state index in [0.717, 1.165) is 97.0 Å². The molecule has 1 amide bonds. The first-order chi connectivity index (χ1) is 19.5. The Labute approximate surface area is 232 Å². The molecule has 0 aliphatic carbocycles. The van der Waals surface area contributed by atoms with Gasteiger partial charge in [0.25, 0.3) is 5.91 Å². The van der Waals surface area contributed by atoms with Crippen LogP contribution >= 0.6 is 0 Å². The molecule has 7 rings (SSSR count). The van der Waals surface area contributed by atoms with Crippen molar-refractivity contribution in [3.8, 4) is 22.3 Å². The Morgan fingerprint density at radius 2 is 1.60 bits per heavy atom. The Balaban J connectivity index is 1.22. The molecule has 5 aromatic rings. The number of carbonyl (C=O) groups excluding carboxylic acids is 1. The highest BCUT2D eigenvalue weighted by Crippen LogP contribution is 2.33. The standard InChI is InChI=1S/C30H33N9O/c1-35-7-11-37(12-8-35)28-17-21(3-5-31-28)23-15-24-25(19-33-29(24)32-18-23)22-4-6-39-27(16-22)26(20-34-39)30(40)38-13-9-36(2)10-14-38/h3-6,15-20H,7-14H2,1-2H3,(H,32,33). The van der Waals surface area contributed by atoms with E-state index in [1.807, 2.05) is 41.8 Å². The van der Waals surface area contributed by atoms with Crippen LogP contribution in [0.5, 0.6) is 0 Å². The third-order valence-electron chi connectivity index (χ3n) is 8.29. The van der Waals surface area contributed by atoms with Gasteiger partial charge in [0.15, 0.2) is 0 Å². The Kier molecular flexibility index (Phi) is 6.21. The highest BCUT2D eigenvalue weighted by atomic mass is 16.2.